The van der Waals surface area contributed by atoms with E-state index in [1.165, 1.54) is 12.1 Å². The highest BCUT2D eigenvalue weighted by atomic mass is 35.5. The van der Waals surface area contributed by atoms with E-state index < -0.39 is 5.97 Å². The van der Waals surface area contributed by atoms with E-state index in [1.54, 1.807) is 43.5 Å². The first kappa shape index (κ1) is 25.6. The lowest BCUT2D eigenvalue weighted by Gasteiger charge is -2.09. The van der Waals surface area contributed by atoms with Crippen molar-refractivity contribution in [1.29, 1.82) is 0 Å². The first-order chi connectivity index (χ1) is 18.3. The molecule has 0 saturated heterocycles. The van der Waals surface area contributed by atoms with Crippen molar-refractivity contribution in [3.63, 3.8) is 0 Å². The molecule has 7 nitrogen and oxygen atoms in total. The molecule has 0 atom stereocenters. The van der Waals surface area contributed by atoms with E-state index >= 15 is 0 Å². The summed E-state index contributed by atoms with van der Waals surface area (Å²) in [6.45, 7) is 2.46. The molecule has 2 heterocycles. The number of hydrogen-bond acceptors (Lipinski definition) is 5. The average Bonchev–Trinajstić information content (AvgIpc) is 3.48. The third-order valence-electron chi connectivity index (χ3n) is 6.10. The van der Waals surface area contributed by atoms with Crippen LogP contribution >= 0.6 is 23.4 Å². The molecule has 0 bridgehead atoms. The van der Waals surface area contributed by atoms with Crippen LogP contribution in [0.1, 0.15) is 16.8 Å². The van der Waals surface area contributed by atoms with Crippen LogP contribution in [0, 0.1) is 12.7 Å². The number of carbonyl (C=O) groups is 1. The van der Waals surface area contributed by atoms with Crippen LogP contribution in [0.3, 0.4) is 0 Å². The predicted octanol–water partition coefficient (Wildman–Crippen LogP) is 6.80. The summed E-state index contributed by atoms with van der Waals surface area (Å²) in [5.74, 6) is -0.431. The van der Waals surface area contributed by atoms with Crippen molar-refractivity contribution in [2.75, 3.05) is 7.11 Å². The molecule has 0 aliphatic rings. The fourth-order valence-electron chi connectivity index (χ4n) is 4.26. The fourth-order valence-corrected chi connectivity index (χ4v) is 5.12. The lowest BCUT2D eigenvalue weighted by molar-refractivity contribution is -0.131. The summed E-state index contributed by atoms with van der Waals surface area (Å²) in [5.41, 5.74) is 4.15. The van der Waals surface area contributed by atoms with E-state index in [0.29, 0.717) is 28.7 Å². The highest BCUT2D eigenvalue weighted by molar-refractivity contribution is 8.04. The van der Waals surface area contributed by atoms with Crippen molar-refractivity contribution < 1.29 is 19.0 Å². The molecule has 10 heteroatoms. The lowest BCUT2D eigenvalue weighted by atomic mass is 10.1. The Hall–Kier alpha value is -4.08. The number of H-pyrrole nitrogens is 1. The van der Waals surface area contributed by atoms with Gasteiger partial charge in [0, 0.05) is 33.7 Å². The van der Waals surface area contributed by atoms with Crippen LogP contribution in [-0.2, 0) is 11.3 Å². The molecule has 0 radical (unpaired) electrons. The molecule has 0 aliphatic heterocycles. The van der Waals surface area contributed by atoms with E-state index in [0.717, 1.165) is 39.5 Å². The largest absolute Gasteiger partial charge is 0.496 e. The van der Waals surface area contributed by atoms with Gasteiger partial charge in [0.15, 0.2) is 5.82 Å². The number of aromatic nitrogens is 4. The van der Waals surface area contributed by atoms with Crippen LogP contribution in [0.4, 0.5) is 4.39 Å². The van der Waals surface area contributed by atoms with Crippen molar-refractivity contribution in [1.82, 2.24) is 19.7 Å². The summed E-state index contributed by atoms with van der Waals surface area (Å²) >= 11 is 7.08. The minimum Gasteiger partial charge on any atom is -0.496 e. The maximum atomic E-state index is 13.4. The van der Waals surface area contributed by atoms with E-state index in [4.69, 9.17) is 16.3 Å². The number of aromatic amines is 1. The molecule has 0 fully saturated rings. The van der Waals surface area contributed by atoms with Crippen LogP contribution in [0.2, 0.25) is 5.02 Å². The highest BCUT2D eigenvalue weighted by Gasteiger charge is 2.19. The number of fused-ring (bicyclic) bond motifs is 1. The maximum Gasteiger partial charge on any atom is 0.342 e. The van der Waals surface area contributed by atoms with Gasteiger partial charge in [-0.15, -0.1) is 5.10 Å². The van der Waals surface area contributed by atoms with E-state index in [-0.39, 0.29) is 15.9 Å². The molecular weight excluding hydrogens is 527 g/mol. The smallest absolute Gasteiger partial charge is 0.342 e. The maximum absolute atomic E-state index is 13.4. The van der Waals surface area contributed by atoms with E-state index in [2.05, 4.69) is 19.7 Å². The number of nitrogens with one attached hydrogen (secondary N) is 1. The summed E-state index contributed by atoms with van der Waals surface area (Å²) in [5, 5.41) is 18.7. The molecule has 2 aromatic heterocycles. The van der Waals surface area contributed by atoms with Crippen LogP contribution in [0.5, 0.6) is 5.75 Å². The van der Waals surface area contributed by atoms with Gasteiger partial charge < -0.3 is 14.4 Å². The Labute approximate surface area is 226 Å². The molecule has 2 N–H and O–H groups in total. The van der Waals surface area contributed by atoms with Gasteiger partial charge in [0.2, 0.25) is 5.16 Å². The summed E-state index contributed by atoms with van der Waals surface area (Å²) in [7, 11) is 1.54. The summed E-state index contributed by atoms with van der Waals surface area (Å²) in [4.78, 5) is 16.8. The molecule has 0 unspecified atom stereocenters. The minimum atomic E-state index is -1.10. The van der Waals surface area contributed by atoms with Gasteiger partial charge in [0.25, 0.3) is 0 Å². The van der Waals surface area contributed by atoms with Gasteiger partial charge in [-0.1, -0.05) is 41.9 Å². The van der Waals surface area contributed by atoms with Gasteiger partial charge in [-0.25, -0.2) is 14.2 Å². The van der Waals surface area contributed by atoms with Crippen molar-refractivity contribution in [2.24, 2.45) is 0 Å². The first-order valence-electron chi connectivity index (χ1n) is 11.6. The number of aliphatic carboxylic acids is 1. The SMILES string of the molecule is COc1ccc(Cl)cc1-c1nc(S/C(=C\c2c(C)n(Cc3ccc(F)cc3)c3ccccc23)C(=O)O)n[nH]1. The van der Waals surface area contributed by atoms with Gasteiger partial charge in [0.1, 0.15) is 16.5 Å². The number of para-hydroxylation sites is 1. The molecule has 192 valence electrons. The Morgan fingerprint density at radius 2 is 1.95 bits per heavy atom. The summed E-state index contributed by atoms with van der Waals surface area (Å²) in [6.07, 6.45) is 1.64. The number of thioether (sulfide) groups is 1. The number of ether oxygens (including phenoxy) is 1. The van der Waals surface area contributed by atoms with Crippen LogP contribution in [0.15, 0.2) is 76.8 Å². The second-order valence-electron chi connectivity index (χ2n) is 8.46. The van der Waals surface area contributed by atoms with Gasteiger partial charge in [-0.3, -0.25) is 5.10 Å². The van der Waals surface area contributed by atoms with Crippen molar-refractivity contribution in [3.05, 3.63) is 99.3 Å². The molecule has 38 heavy (non-hydrogen) atoms. The number of nitrogens with zero attached hydrogens (tertiary/aromatic N) is 3. The Morgan fingerprint density at radius 3 is 2.68 bits per heavy atom. The van der Waals surface area contributed by atoms with Gasteiger partial charge in [-0.05, 0) is 66.7 Å². The molecule has 0 spiro atoms. The van der Waals surface area contributed by atoms with Gasteiger partial charge >= 0.3 is 5.97 Å². The molecular formula is C28H22ClFN4O3S. The standard InChI is InChI=1S/C28H22ClFN4O3S/c1-16-21(20-5-3-4-6-23(20)34(16)15-17-7-10-19(30)11-8-17)14-25(27(35)36)38-28-31-26(32-33-28)22-13-18(29)9-12-24(22)37-2/h3-14H,15H2,1-2H3,(H,35,36)(H,31,32,33)/b25-14-. The zero-order chi connectivity index (χ0) is 26.8. The molecule has 0 amide bonds. The monoisotopic (exact) mass is 548 g/mol. The third-order valence-corrected chi connectivity index (χ3v) is 7.22. The average molecular weight is 549 g/mol. The third kappa shape index (κ3) is 5.16. The van der Waals surface area contributed by atoms with Crippen LogP contribution in [0.25, 0.3) is 28.4 Å². The Balaban J connectivity index is 1.51. The normalized spacial score (nSPS) is 11.7. The Bertz CT molecular complexity index is 1680. The predicted molar refractivity (Wildman–Crippen MR) is 147 cm³/mol. The molecule has 0 saturated carbocycles. The molecule has 5 aromatic rings. The number of methoxy groups -OCH3 is 1. The van der Waals surface area contributed by atoms with Crippen molar-refractivity contribution in [2.45, 2.75) is 18.6 Å². The second-order valence-corrected chi connectivity index (χ2v) is 9.90. The molecule has 0 aliphatic carbocycles. The lowest BCUT2D eigenvalue weighted by Crippen LogP contribution is -2.02. The number of benzene rings is 3. The fraction of sp³-hybridized carbons (Fsp3) is 0.107. The molecule has 5 rings (SSSR count). The quantitative estimate of drug-likeness (QED) is 0.164. The Kier molecular flexibility index (Phi) is 7.22. The molecule has 3 aromatic carbocycles. The van der Waals surface area contributed by atoms with E-state index in [1.807, 2.05) is 31.2 Å². The van der Waals surface area contributed by atoms with Crippen molar-refractivity contribution >= 4 is 46.3 Å². The van der Waals surface area contributed by atoms with Crippen LogP contribution < -0.4 is 4.74 Å². The summed E-state index contributed by atoms with van der Waals surface area (Å²) < 4.78 is 20.9. The second kappa shape index (κ2) is 10.7. The number of halogens is 2. The minimum absolute atomic E-state index is 0.0568. The first-order valence-corrected chi connectivity index (χ1v) is 12.7. The van der Waals surface area contributed by atoms with Gasteiger partial charge in [0.05, 0.1) is 12.7 Å². The van der Waals surface area contributed by atoms with E-state index in [9.17, 15) is 14.3 Å². The Morgan fingerprint density at radius 1 is 1.18 bits per heavy atom. The van der Waals surface area contributed by atoms with Crippen LogP contribution in [-0.4, -0.2) is 37.9 Å². The highest BCUT2D eigenvalue weighted by Crippen LogP contribution is 2.35. The van der Waals surface area contributed by atoms with Gasteiger partial charge in [-0.2, -0.15) is 0 Å². The number of rotatable bonds is 8. The number of hydrogen-bond donors (Lipinski definition) is 2. The summed E-state index contributed by atoms with van der Waals surface area (Å²) in [6, 6.07) is 19.3. The number of carboxylic acid groups (broad SMARTS) is 1. The number of carboxylic acids is 1. The zero-order valence-corrected chi connectivity index (χ0v) is 22.0. The zero-order valence-electron chi connectivity index (χ0n) is 20.4. The van der Waals surface area contributed by atoms with Crippen molar-refractivity contribution in [3.8, 4) is 17.1 Å². The topological polar surface area (TPSA) is 93.0 Å².